The molecule has 0 spiro atoms. The lowest BCUT2D eigenvalue weighted by Gasteiger charge is -2.18. The van der Waals surface area contributed by atoms with Crippen LogP contribution in [0.3, 0.4) is 0 Å². The summed E-state index contributed by atoms with van der Waals surface area (Å²) in [4.78, 5) is 0. The van der Waals surface area contributed by atoms with Crippen molar-refractivity contribution in [2.75, 3.05) is 5.33 Å². The lowest BCUT2D eigenvalue weighted by atomic mass is 9.89. The van der Waals surface area contributed by atoms with Crippen LogP contribution < -0.4 is 0 Å². The van der Waals surface area contributed by atoms with Crippen LogP contribution >= 0.6 is 15.9 Å². The van der Waals surface area contributed by atoms with Gasteiger partial charge in [0.15, 0.2) is 0 Å². The van der Waals surface area contributed by atoms with Gasteiger partial charge in [0.2, 0.25) is 0 Å². The van der Waals surface area contributed by atoms with E-state index in [1.54, 1.807) is 0 Å². The standard InChI is InChI=1S/C14H21Br/c1-4-5-13-6-8-14(9-7-13)12(3)11(2)10-15/h6-9,11-12H,4-5,10H2,1-3H3. The zero-order valence-electron chi connectivity index (χ0n) is 9.96. The van der Waals surface area contributed by atoms with Crippen molar-refractivity contribution in [2.24, 2.45) is 5.92 Å². The maximum absolute atomic E-state index is 3.55. The van der Waals surface area contributed by atoms with E-state index in [2.05, 4.69) is 61.0 Å². The first-order valence-corrected chi connectivity index (χ1v) is 6.96. The minimum Gasteiger partial charge on any atom is -0.0925 e. The molecule has 0 aliphatic carbocycles. The average molecular weight is 269 g/mol. The molecule has 0 saturated heterocycles. The highest BCUT2D eigenvalue weighted by Crippen LogP contribution is 2.25. The minimum absolute atomic E-state index is 0.639. The second-order valence-corrected chi connectivity index (χ2v) is 5.06. The SMILES string of the molecule is CCCc1ccc(C(C)C(C)CBr)cc1. The fourth-order valence-corrected chi connectivity index (χ4v) is 2.30. The zero-order chi connectivity index (χ0) is 11.3. The van der Waals surface area contributed by atoms with E-state index < -0.39 is 0 Å². The summed E-state index contributed by atoms with van der Waals surface area (Å²) >= 11 is 3.55. The molecule has 1 aromatic carbocycles. The molecule has 2 atom stereocenters. The first-order chi connectivity index (χ1) is 7.19. The number of rotatable bonds is 5. The maximum Gasteiger partial charge on any atom is 0.00627 e. The monoisotopic (exact) mass is 268 g/mol. The lowest BCUT2D eigenvalue weighted by Crippen LogP contribution is -2.07. The second kappa shape index (κ2) is 6.32. The van der Waals surface area contributed by atoms with Crippen LogP contribution in [-0.4, -0.2) is 5.33 Å². The zero-order valence-corrected chi connectivity index (χ0v) is 11.5. The molecular weight excluding hydrogens is 248 g/mol. The van der Waals surface area contributed by atoms with E-state index in [4.69, 9.17) is 0 Å². The van der Waals surface area contributed by atoms with Gasteiger partial charge < -0.3 is 0 Å². The van der Waals surface area contributed by atoms with Crippen molar-refractivity contribution in [3.8, 4) is 0 Å². The van der Waals surface area contributed by atoms with Crippen LogP contribution in [0.5, 0.6) is 0 Å². The highest BCUT2D eigenvalue weighted by Gasteiger charge is 2.12. The second-order valence-electron chi connectivity index (χ2n) is 4.41. The molecule has 0 aliphatic heterocycles. The summed E-state index contributed by atoms with van der Waals surface area (Å²) in [5.74, 6) is 1.34. The molecule has 0 N–H and O–H groups in total. The Morgan fingerprint density at radius 1 is 1.13 bits per heavy atom. The van der Waals surface area contributed by atoms with Crippen molar-refractivity contribution in [1.82, 2.24) is 0 Å². The third-order valence-corrected chi connectivity index (χ3v) is 4.16. The van der Waals surface area contributed by atoms with E-state index in [9.17, 15) is 0 Å². The molecule has 2 unspecified atom stereocenters. The number of hydrogen-bond acceptors (Lipinski definition) is 0. The Labute approximate surface area is 102 Å². The van der Waals surface area contributed by atoms with Gasteiger partial charge in [-0.15, -0.1) is 0 Å². The van der Waals surface area contributed by atoms with Crippen LogP contribution in [0.1, 0.15) is 44.2 Å². The van der Waals surface area contributed by atoms with Crippen LogP contribution in [0, 0.1) is 5.92 Å². The van der Waals surface area contributed by atoms with Crippen molar-refractivity contribution in [1.29, 1.82) is 0 Å². The predicted molar refractivity (Wildman–Crippen MR) is 71.8 cm³/mol. The van der Waals surface area contributed by atoms with Crippen LogP contribution in [0.4, 0.5) is 0 Å². The molecule has 0 heterocycles. The van der Waals surface area contributed by atoms with E-state index in [1.807, 2.05) is 0 Å². The number of alkyl halides is 1. The van der Waals surface area contributed by atoms with Crippen LogP contribution in [0.2, 0.25) is 0 Å². The van der Waals surface area contributed by atoms with Gasteiger partial charge in [0.05, 0.1) is 0 Å². The van der Waals surface area contributed by atoms with Gasteiger partial charge in [0, 0.05) is 5.33 Å². The summed E-state index contributed by atoms with van der Waals surface area (Å²) in [6.07, 6.45) is 2.43. The molecule has 0 radical (unpaired) electrons. The van der Waals surface area contributed by atoms with Crippen LogP contribution in [-0.2, 0) is 6.42 Å². The summed E-state index contributed by atoms with van der Waals surface area (Å²) in [6.45, 7) is 6.82. The van der Waals surface area contributed by atoms with Crippen molar-refractivity contribution < 1.29 is 0 Å². The van der Waals surface area contributed by atoms with Crippen molar-refractivity contribution in [3.63, 3.8) is 0 Å². The Morgan fingerprint density at radius 3 is 2.20 bits per heavy atom. The van der Waals surface area contributed by atoms with Gasteiger partial charge in [0.25, 0.3) is 0 Å². The molecule has 84 valence electrons. The van der Waals surface area contributed by atoms with Crippen molar-refractivity contribution >= 4 is 15.9 Å². The third kappa shape index (κ3) is 3.64. The predicted octanol–water partition coefficient (Wildman–Crippen LogP) is 4.77. The first-order valence-electron chi connectivity index (χ1n) is 5.83. The van der Waals surface area contributed by atoms with Crippen molar-refractivity contribution in [3.05, 3.63) is 35.4 Å². The molecular formula is C14H21Br. The van der Waals surface area contributed by atoms with E-state index >= 15 is 0 Å². The molecule has 0 nitrogen and oxygen atoms in total. The summed E-state index contributed by atoms with van der Waals surface area (Å²) in [5, 5.41) is 1.07. The molecule has 0 amide bonds. The van der Waals surface area contributed by atoms with E-state index in [0.717, 1.165) is 5.33 Å². The minimum atomic E-state index is 0.639. The topological polar surface area (TPSA) is 0 Å². The fraction of sp³-hybridized carbons (Fsp3) is 0.571. The number of hydrogen-bond donors (Lipinski definition) is 0. The first kappa shape index (κ1) is 12.8. The molecule has 15 heavy (non-hydrogen) atoms. The Morgan fingerprint density at radius 2 is 1.73 bits per heavy atom. The normalized spacial score (nSPS) is 14.9. The van der Waals surface area contributed by atoms with Gasteiger partial charge >= 0.3 is 0 Å². The van der Waals surface area contributed by atoms with E-state index in [1.165, 1.54) is 24.0 Å². The van der Waals surface area contributed by atoms with Gasteiger partial charge in [-0.3, -0.25) is 0 Å². The van der Waals surface area contributed by atoms with Gasteiger partial charge in [-0.2, -0.15) is 0 Å². The Kier molecular flexibility index (Phi) is 5.38. The van der Waals surface area contributed by atoms with Crippen LogP contribution in [0.25, 0.3) is 0 Å². The summed E-state index contributed by atoms with van der Waals surface area (Å²) < 4.78 is 0. The summed E-state index contributed by atoms with van der Waals surface area (Å²) in [6, 6.07) is 9.12. The molecule has 1 heteroatoms. The van der Waals surface area contributed by atoms with Gasteiger partial charge in [-0.25, -0.2) is 0 Å². The number of benzene rings is 1. The molecule has 0 aliphatic rings. The van der Waals surface area contributed by atoms with E-state index in [-0.39, 0.29) is 0 Å². The van der Waals surface area contributed by atoms with E-state index in [0.29, 0.717) is 11.8 Å². The molecule has 1 rings (SSSR count). The molecule has 1 aromatic rings. The lowest BCUT2D eigenvalue weighted by molar-refractivity contribution is 0.547. The van der Waals surface area contributed by atoms with Crippen LogP contribution in [0.15, 0.2) is 24.3 Å². The number of halogens is 1. The number of aryl methyl sites for hydroxylation is 1. The van der Waals surface area contributed by atoms with Gasteiger partial charge in [-0.05, 0) is 29.4 Å². The maximum atomic E-state index is 3.55. The summed E-state index contributed by atoms with van der Waals surface area (Å²) in [7, 11) is 0. The molecule has 0 fully saturated rings. The summed E-state index contributed by atoms with van der Waals surface area (Å²) in [5.41, 5.74) is 2.92. The highest BCUT2D eigenvalue weighted by atomic mass is 79.9. The third-order valence-electron chi connectivity index (χ3n) is 3.14. The van der Waals surface area contributed by atoms with Gasteiger partial charge in [0.1, 0.15) is 0 Å². The average Bonchev–Trinajstić information content (AvgIpc) is 2.28. The largest absolute Gasteiger partial charge is 0.0925 e. The molecule has 0 bridgehead atoms. The fourth-order valence-electron chi connectivity index (χ4n) is 1.74. The highest BCUT2D eigenvalue weighted by molar-refractivity contribution is 9.09. The quantitative estimate of drug-likeness (QED) is 0.675. The molecule has 0 aromatic heterocycles. The van der Waals surface area contributed by atoms with Gasteiger partial charge in [-0.1, -0.05) is 67.4 Å². The Hall–Kier alpha value is -0.300. The Bertz CT molecular complexity index is 276. The molecule has 0 saturated carbocycles. The Balaban J connectivity index is 2.70. The smallest absolute Gasteiger partial charge is 0.00627 e. The van der Waals surface area contributed by atoms with Crippen molar-refractivity contribution in [2.45, 2.75) is 39.5 Å².